The van der Waals surface area contributed by atoms with E-state index in [4.69, 9.17) is 23.9 Å². The number of aromatic nitrogens is 1. The van der Waals surface area contributed by atoms with Gasteiger partial charge in [-0.15, -0.1) is 0 Å². The Morgan fingerprint density at radius 1 is 0.886 bits per heavy atom. The molecule has 0 saturated heterocycles. The van der Waals surface area contributed by atoms with Crippen LogP contribution in [0.15, 0.2) is 42.5 Å². The number of ether oxygens (including phenoxy) is 4. The Bertz CT molecular complexity index is 1190. The molecule has 0 N–H and O–H groups in total. The molecule has 0 aliphatic carbocycles. The van der Waals surface area contributed by atoms with Crippen molar-refractivity contribution >= 4 is 22.8 Å². The first-order valence-corrected chi connectivity index (χ1v) is 11.4. The predicted molar refractivity (Wildman–Crippen MR) is 134 cm³/mol. The van der Waals surface area contributed by atoms with E-state index >= 15 is 0 Å². The minimum atomic E-state index is -0.599. The number of hydrogen-bond acceptors (Lipinski definition) is 7. The van der Waals surface area contributed by atoms with Gasteiger partial charge in [0, 0.05) is 23.0 Å². The highest BCUT2D eigenvalue weighted by atomic mass is 16.5. The molecule has 2 aromatic carbocycles. The standard InChI is InChI=1S/C27H32N2O6/c1-16(2)29(17(3)4)25(30)15-35-27(31)20-14-22(28-21-11-9-8-10-19(20)21)18-12-23(32-5)26(34-7)24(13-18)33-6/h8-14,16-17H,15H2,1-7H3. The summed E-state index contributed by atoms with van der Waals surface area (Å²) >= 11 is 0. The molecule has 0 aliphatic rings. The first-order valence-electron chi connectivity index (χ1n) is 11.4. The summed E-state index contributed by atoms with van der Waals surface area (Å²) in [4.78, 5) is 32.3. The molecule has 0 spiro atoms. The number of carbonyl (C=O) groups excluding carboxylic acids is 2. The molecule has 3 rings (SSSR count). The van der Waals surface area contributed by atoms with E-state index in [1.54, 1.807) is 29.2 Å². The van der Waals surface area contributed by atoms with Crippen molar-refractivity contribution < 1.29 is 28.5 Å². The van der Waals surface area contributed by atoms with Crippen molar-refractivity contribution in [3.63, 3.8) is 0 Å². The number of rotatable bonds is 9. The summed E-state index contributed by atoms with van der Waals surface area (Å²) in [5.74, 6) is 0.546. The van der Waals surface area contributed by atoms with E-state index in [0.717, 1.165) is 0 Å². The smallest absolute Gasteiger partial charge is 0.339 e. The normalized spacial score (nSPS) is 11.0. The van der Waals surface area contributed by atoms with Crippen molar-refractivity contribution in [2.45, 2.75) is 39.8 Å². The molecule has 0 fully saturated rings. The molecule has 1 amide bonds. The maximum atomic E-state index is 13.2. The lowest BCUT2D eigenvalue weighted by molar-refractivity contribution is -0.138. The molecule has 3 aromatic rings. The average molecular weight is 481 g/mol. The molecule has 0 unspecified atom stereocenters. The Morgan fingerprint density at radius 3 is 2.03 bits per heavy atom. The SMILES string of the molecule is COc1cc(-c2cc(C(=O)OCC(=O)N(C(C)C)C(C)C)c3ccccc3n2)cc(OC)c1OC. The Morgan fingerprint density at radius 2 is 1.49 bits per heavy atom. The monoisotopic (exact) mass is 480 g/mol. The second kappa shape index (κ2) is 11.1. The summed E-state index contributed by atoms with van der Waals surface area (Å²) in [6.45, 7) is 7.38. The molecular weight excluding hydrogens is 448 g/mol. The lowest BCUT2D eigenvalue weighted by Crippen LogP contribution is -2.44. The van der Waals surface area contributed by atoms with Crippen LogP contribution in [-0.2, 0) is 9.53 Å². The van der Waals surface area contributed by atoms with Gasteiger partial charge in [0.2, 0.25) is 5.75 Å². The van der Waals surface area contributed by atoms with Gasteiger partial charge < -0.3 is 23.8 Å². The van der Waals surface area contributed by atoms with Gasteiger partial charge in [-0.3, -0.25) is 4.79 Å². The van der Waals surface area contributed by atoms with Crippen LogP contribution in [0.4, 0.5) is 0 Å². The fraction of sp³-hybridized carbons (Fsp3) is 0.370. The highest BCUT2D eigenvalue weighted by Crippen LogP contribution is 2.41. The van der Waals surface area contributed by atoms with Crippen LogP contribution in [-0.4, -0.2) is 61.8 Å². The number of benzene rings is 2. The van der Waals surface area contributed by atoms with Crippen LogP contribution in [0, 0.1) is 0 Å². The van der Waals surface area contributed by atoms with E-state index in [-0.39, 0.29) is 24.6 Å². The molecule has 186 valence electrons. The zero-order valence-electron chi connectivity index (χ0n) is 21.2. The number of hydrogen-bond donors (Lipinski definition) is 0. The fourth-order valence-electron chi connectivity index (χ4n) is 4.17. The molecule has 0 atom stereocenters. The third-order valence-electron chi connectivity index (χ3n) is 5.62. The Hall–Kier alpha value is -3.81. The molecule has 0 saturated carbocycles. The summed E-state index contributed by atoms with van der Waals surface area (Å²) in [7, 11) is 4.60. The average Bonchev–Trinajstić information content (AvgIpc) is 2.85. The van der Waals surface area contributed by atoms with Crippen molar-refractivity contribution in [2.75, 3.05) is 27.9 Å². The van der Waals surface area contributed by atoms with Gasteiger partial charge in [-0.25, -0.2) is 9.78 Å². The molecule has 1 aromatic heterocycles. The van der Waals surface area contributed by atoms with Gasteiger partial charge in [-0.05, 0) is 52.0 Å². The lowest BCUT2D eigenvalue weighted by Gasteiger charge is -2.30. The zero-order chi connectivity index (χ0) is 25.7. The lowest BCUT2D eigenvalue weighted by atomic mass is 10.0. The number of para-hydroxylation sites is 1. The topological polar surface area (TPSA) is 87.2 Å². The minimum absolute atomic E-state index is 0.00501. The zero-order valence-corrected chi connectivity index (χ0v) is 21.2. The molecule has 8 nitrogen and oxygen atoms in total. The van der Waals surface area contributed by atoms with E-state index < -0.39 is 5.97 Å². The van der Waals surface area contributed by atoms with Crippen LogP contribution < -0.4 is 14.2 Å². The Balaban J connectivity index is 2.02. The number of methoxy groups -OCH3 is 3. The van der Waals surface area contributed by atoms with Gasteiger partial charge in [0.25, 0.3) is 5.91 Å². The van der Waals surface area contributed by atoms with Crippen molar-refractivity contribution in [3.8, 4) is 28.5 Å². The Kier molecular flexibility index (Phi) is 8.17. The predicted octanol–water partition coefficient (Wildman–Crippen LogP) is 4.73. The van der Waals surface area contributed by atoms with E-state index in [1.807, 2.05) is 45.9 Å². The third-order valence-corrected chi connectivity index (χ3v) is 5.62. The number of amides is 1. The second-order valence-corrected chi connectivity index (χ2v) is 8.55. The highest BCUT2D eigenvalue weighted by Gasteiger charge is 2.23. The van der Waals surface area contributed by atoms with E-state index in [9.17, 15) is 9.59 Å². The van der Waals surface area contributed by atoms with E-state index in [0.29, 0.717) is 45.0 Å². The minimum Gasteiger partial charge on any atom is -0.493 e. The van der Waals surface area contributed by atoms with Crippen molar-refractivity contribution in [1.29, 1.82) is 0 Å². The van der Waals surface area contributed by atoms with Gasteiger partial charge in [-0.1, -0.05) is 18.2 Å². The Labute approximate surface area is 205 Å². The van der Waals surface area contributed by atoms with Crippen LogP contribution in [0.1, 0.15) is 38.1 Å². The van der Waals surface area contributed by atoms with Crippen LogP contribution >= 0.6 is 0 Å². The van der Waals surface area contributed by atoms with Crippen LogP contribution in [0.3, 0.4) is 0 Å². The van der Waals surface area contributed by atoms with Crippen LogP contribution in [0.25, 0.3) is 22.2 Å². The van der Waals surface area contributed by atoms with Gasteiger partial charge in [0.15, 0.2) is 18.1 Å². The molecule has 1 heterocycles. The van der Waals surface area contributed by atoms with Gasteiger partial charge in [-0.2, -0.15) is 0 Å². The number of carbonyl (C=O) groups is 2. The molecule has 8 heteroatoms. The highest BCUT2D eigenvalue weighted by molar-refractivity contribution is 6.05. The number of fused-ring (bicyclic) bond motifs is 1. The molecule has 35 heavy (non-hydrogen) atoms. The van der Waals surface area contributed by atoms with Gasteiger partial charge in [0.05, 0.1) is 38.1 Å². The van der Waals surface area contributed by atoms with Gasteiger partial charge >= 0.3 is 5.97 Å². The van der Waals surface area contributed by atoms with Crippen LogP contribution in [0.2, 0.25) is 0 Å². The van der Waals surface area contributed by atoms with E-state index in [1.165, 1.54) is 21.3 Å². The van der Waals surface area contributed by atoms with Crippen molar-refractivity contribution in [2.24, 2.45) is 0 Å². The molecule has 0 radical (unpaired) electrons. The summed E-state index contributed by atoms with van der Waals surface area (Å²) < 4.78 is 21.8. The number of nitrogens with zero attached hydrogens (tertiary/aromatic N) is 2. The van der Waals surface area contributed by atoms with Gasteiger partial charge in [0.1, 0.15) is 0 Å². The quantitative estimate of drug-likeness (QED) is 0.409. The van der Waals surface area contributed by atoms with Crippen molar-refractivity contribution in [3.05, 3.63) is 48.0 Å². The number of esters is 1. The second-order valence-electron chi connectivity index (χ2n) is 8.55. The fourth-order valence-corrected chi connectivity index (χ4v) is 4.17. The molecular formula is C27H32N2O6. The maximum Gasteiger partial charge on any atom is 0.339 e. The van der Waals surface area contributed by atoms with Crippen LogP contribution in [0.5, 0.6) is 17.2 Å². The summed E-state index contributed by atoms with van der Waals surface area (Å²) in [5.41, 5.74) is 2.11. The van der Waals surface area contributed by atoms with Crippen molar-refractivity contribution in [1.82, 2.24) is 9.88 Å². The third kappa shape index (κ3) is 5.48. The summed E-state index contributed by atoms with van der Waals surface area (Å²) in [6, 6.07) is 12.5. The van der Waals surface area contributed by atoms with E-state index in [2.05, 4.69) is 0 Å². The summed E-state index contributed by atoms with van der Waals surface area (Å²) in [5, 5.41) is 0.630. The maximum absolute atomic E-state index is 13.2. The molecule has 0 bridgehead atoms. The largest absolute Gasteiger partial charge is 0.493 e. The first-order chi connectivity index (χ1) is 16.7. The number of pyridine rings is 1. The first kappa shape index (κ1) is 25.8. The molecule has 0 aliphatic heterocycles. The summed E-state index contributed by atoms with van der Waals surface area (Å²) in [6.07, 6.45) is 0.